The number of amides is 1. The lowest BCUT2D eigenvalue weighted by Crippen LogP contribution is -2.42. The molecule has 1 aromatic carbocycles. The summed E-state index contributed by atoms with van der Waals surface area (Å²) in [6.45, 7) is 2.57. The van der Waals surface area contributed by atoms with Crippen LogP contribution in [-0.4, -0.2) is 22.2 Å². The lowest BCUT2D eigenvalue weighted by molar-refractivity contribution is 0.0954. The molecule has 98 valence electrons. The number of carbonyl (C=O) groups excluding carboxylic acids is 1. The molecule has 2 heterocycles. The summed E-state index contributed by atoms with van der Waals surface area (Å²) in [6.07, 6.45) is 1.52. The minimum absolute atomic E-state index is 0.0840. The number of nitrogens with two attached hydrogens (primary N) is 1. The number of anilines is 2. The van der Waals surface area contributed by atoms with Crippen LogP contribution < -0.4 is 10.6 Å². The first kappa shape index (κ1) is 12.0. The summed E-state index contributed by atoms with van der Waals surface area (Å²) in [6, 6.07) is 7.28. The van der Waals surface area contributed by atoms with Gasteiger partial charge in [0.2, 0.25) is 0 Å². The van der Waals surface area contributed by atoms with Crippen LogP contribution in [-0.2, 0) is 0 Å². The van der Waals surface area contributed by atoms with Crippen molar-refractivity contribution in [3.63, 3.8) is 0 Å². The molecule has 0 bridgehead atoms. The van der Waals surface area contributed by atoms with Crippen molar-refractivity contribution in [2.45, 2.75) is 13.0 Å². The molecular weight excluding hydrogens is 264 g/mol. The molecule has 0 aliphatic carbocycles. The van der Waals surface area contributed by atoms with E-state index >= 15 is 0 Å². The third-order valence-electron chi connectivity index (χ3n) is 3.27. The average molecular weight is 277 g/mol. The number of benzene rings is 1. The van der Waals surface area contributed by atoms with Crippen LogP contribution in [0.2, 0.25) is 5.02 Å². The van der Waals surface area contributed by atoms with Crippen LogP contribution in [0.3, 0.4) is 0 Å². The van der Waals surface area contributed by atoms with Crippen molar-refractivity contribution in [3.05, 3.63) is 41.2 Å². The maximum atomic E-state index is 12.5. The standard InChI is InChI=1S/C13H13ClN4O/c1-8-7-17(10-4-2-9(14)3-5-10)13(19)12-11(15)6-16-18(8)12/h2-6,8H,7,15H2,1H3/t8-/m0/s1. The van der Waals surface area contributed by atoms with Crippen LogP contribution >= 0.6 is 11.6 Å². The minimum Gasteiger partial charge on any atom is -0.396 e. The Hall–Kier alpha value is -2.01. The van der Waals surface area contributed by atoms with Crippen molar-refractivity contribution < 1.29 is 4.79 Å². The van der Waals surface area contributed by atoms with Gasteiger partial charge in [-0.1, -0.05) is 11.6 Å². The second-order valence-corrected chi connectivity index (χ2v) is 5.07. The van der Waals surface area contributed by atoms with E-state index in [4.69, 9.17) is 17.3 Å². The molecule has 1 aromatic heterocycles. The van der Waals surface area contributed by atoms with Gasteiger partial charge in [0.05, 0.1) is 17.9 Å². The molecule has 2 N–H and O–H groups in total. The molecule has 1 amide bonds. The van der Waals surface area contributed by atoms with Gasteiger partial charge in [-0.15, -0.1) is 0 Å². The Kier molecular flexibility index (Phi) is 2.71. The molecule has 0 spiro atoms. The molecule has 6 heteroatoms. The topological polar surface area (TPSA) is 64.2 Å². The van der Waals surface area contributed by atoms with E-state index in [1.165, 1.54) is 6.20 Å². The number of rotatable bonds is 1. The fourth-order valence-electron chi connectivity index (χ4n) is 2.33. The van der Waals surface area contributed by atoms with Crippen LogP contribution in [0.25, 0.3) is 0 Å². The second-order valence-electron chi connectivity index (χ2n) is 4.63. The Balaban J connectivity index is 2.04. The van der Waals surface area contributed by atoms with E-state index in [9.17, 15) is 4.79 Å². The third-order valence-corrected chi connectivity index (χ3v) is 3.53. The Morgan fingerprint density at radius 1 is 1.37 bits per heavy atom. The minimum atomic E-state index is -0.129. The number of nitrogen functional groups attached to an aromatic ring is 1. The molecule has 1 aliphatic rings. The summed E-state index contributed by atoms with van der Waals surface area (Å²) in [4.78, 5) is 14.2. The van der Waals surface area contributed by atoms with E-state index in [0.717, 1.165) is 5.69 Å². The van der Waals surface area contributed by atoms with Gasteiger partial charge in [-0.25, -0.2) is 0 Å². The Morgan fingerprint density at radius 3 is 2.74 bits per heavy atom. The third kappa shape index (κ3) is 1.86. The number of fused-ring (bicyclic) bond motifs is 1. The highest BCUT2D eigenvalue weighted by molar-refractivity contribution is 6.30. The van der Waals surface area contributed by atoms with Gasteiger partial charge < -0.3 is 10.6 Å². The van der Waals surface area contributed by atoms with E-state index in [1.54, 1.807) is 21.7 Å². The van der Waals surface area contributed by atoms with E-state index in [0.29, 0.717) is 22.9 Å². The number of hydrogen-bond acceptors (Lipinski definition) is 3. The van der Waals surface area contributed by atoms with Crippen molar-refractivity contribution >= 4 is 28.9 Å². The SMILES string of the molecule is C[C@H]1CN(c2ccc(Cl)cc2)C(=O)c2c(N)cnn21. The first-order valence-corrected chi connectivity index (χ1v) is 6.36. The van der Waals surface area contributed by atoms with Crippen LogP contribution in [0.15, 0.2) is 30.5 Å². The van der Waals surface area contributed by atoms with Gasteiger partial charge in [0.15, 0.2) is 0 Å². The fraction of sp³-hybridized carbons (Fsp3) is 0.231. The highest BCUT2D eigenvalue weighted by Crippen LogP contribution is 2.29. The van der Waals surface area contributed by atoms with Gasteiger partial charge in [-0.2, -0.15) is 5.10 Å². The summed E-state index contributed by atoms with van der Waals surface area (Å²) < 4.78 is 1.68. The van der Waals surface area contributed by atoms with E-state index in [1.807, 2.05) is 19.1 Å². The summed E-state index contributed by atoms with van der Waals surface area (Å²) in [5.74, 6) is -0.129. The quantitative estimate of drug-likeness (QED) is 0.869. The first-order valence-electron chi connectivity index (χ1n) is 5.98. The predicted molar refractivity (Wildman–Crippen MR) is 74.5 cm³/mol. The number of halogens is 1. The molecule has 2 aromatic rings. The van der Waals surface area contributed by atoms with Crippen LogP contribution in [0.5, 0.6) is 0 Å². The highest BCUT2D eigenvalue weighted by Gasteiger charge is 2.32. The first-order chi connectivity index (χ1) is 9.08. The number of nitrogens with zero attached hydrogens (tertiary/aromatic N) is 3. The molecule has 3 rings (SSSR count). The molecule has 0 radical (unpaired) electrons. The average Bonchev–Trinajstić information content (AvgIpc) is 2.78. The highest BCUT2D eigenvalue weighted by atomic mass is 35.5. The van der Waals surface area contributed by atoms with Crippen molar-refractivity contribution in [1.29, 1.82) is 0 Å². The van der Waals surface area contributed by atoms with Gasteiger partial charge in [-0.05, 0) is 31.2 Å². The summed E-state index contributed by atoms with van der Waals surface area (Å²) in [5.41, 5.74) is 7.50. The van der Waals surface area contributed by atoms with Crippen LogP contribution in [0, 0.1) is 0 Å². The molecule has 5 nitrogen and oxygen atoms in total. The molecule has 19 heavy (non-hydrogen) atoms. The van der Waals surface area contributed by atoms with Crippen molar-refractivity contribution in [3.8, 4) is 0 Å². The predicted octanol–water partition coefficient (Wildman–Crippen LogP) is 2.34. The zero-order valence-electron chi connectivity index (χ0n) is 10.4. The summed E-state index contributed by atoms with van der Waals surface area (Å²) >= 11 is 5.87. The van der Waals surface area contributed by atoms with Gasteiger partial charge in [0.25, 0.3) is 5.91 Å². The molecular formula is C13H13ClN4O. The Morgan fingerprint density at radius 2 is 2.05 bits per heavy atom. The molecule has 1 aliphatic heterocycles. The smallest absolute Gasteiger partial charge is 0.278 e. The lowest BCUT2D eigenvalue weighted by Gasteiger charge is -2.32. The Labute approximate surface area is 115 Å². The summed E-state index contributed by atoms with van der Waals surface area (Å²) in [7, 11) is 0. The second kappa shape index (κ2) is 4.28. The zero-order chi connectivity index (χ0) is 13.6. The number of hydrogen-bond donors (Lipinski definition) is 1. The van der Waals surface area contributed by atoms with Gasteiger partial charge in [-0.3, -0.25) is 9.48 Å². The Bertz CT molecular complexity index is 635. The van der Waals surface area contributed by atoms with Crippen LogP contribution in [0.4, 0.5) is 11.4 Å². The molecule has 0 saturated heterocycles. The van der Waals surface area contributed by atoms with E-state index < -0.39 is 0 Å². The van der Waals surface area contributed by atoms with Gasteiger partial charge in [0.1, 0.15) is 5.69 Å². The monoisotopic (exact) mass is 276 g/mol. The van der Waals surface area contributed by atoms with Crippen LogP contribution in [0.1, 0.15) is 23.5 Å². The lowest BCUT2D eigenvalue weighted by atomic mass is 10.1. The number of aromatic nitrogens is 2. The number of carbonyl (C=O) groups is 1. The van der Waals surface area contributed by atoms with Gasteiger partial charge in [0, 0.05) is 17.3 Å². The normalized spacial score (nSPS) is 18.5. The largest absolute Gasteiger partial charge is 0.396 e. The maximum Gasteiger partial charge on any atom is 0.278 e. The van der Waals surface area contributed by atoms with E-state index in [-0.39, 0.29) is 11.9 Å². The molecule has 0 fully saturated rings. The molecule has 1 atom stereocenters. The van der Waals surface area contributed by atoms with Crippen molar-refractivity contribution in [2.75, 3.05) is 17.2 Å². The zero-order valence-corrected chi connectivity index (χ0v) is 11.1. The summed E-state index contributed by atoms with van der Waals surface area (Å²) in [5, 5.41) is 4.80. The van der Waals surface area contributed by atoms with E-state index in [2.05, 4.69) is 5.10 Å². The maximum absolute atomic E-state index is 12.5. The van der Waals surface area contributed by atoms with Gasteiger partial charge >= 0.3 is 0 Å². The fourth-order valence-corrected chi connectivity index (χ4v) is 2.45. The molecule has 0 unspecified atom stereocenters. The molecule has 0 saturated carbocycles. The van der Waals surface area contributed by atoms with Crippen molar-refractivity contribution in [1.82, 2.24) is 9.78 Å². The van der Waals surface area contributed by atoms with Crippen molar-refractivity contribution in [2.24, 2.45) is 0 Å².